The average molecular weight is 209 g/mol. The molecule has 2 aliphatic rings. The molecule has 0 saturated heterocycles. The molecule has 0 aromatic heterocycles. The molecule has 2 radical (unpaired) electrons. The summed E-state index contributed by atoms with van der Waals surface area (Å²) in [4.78, 5) is 0. The van der Waals surface area contributed by atoms with Gasteiger partial charge in [-0.05, 0) is 23.5 Å². The maximum Gasteiger partial charge on any atom is 0.113 e. The van der Waals surface area contributed by atoms with Gasteiger partial charge in [0.15, 0.2) is 0 Å². The zero-order valence-electron chi connectivity index (χ0n) is 9.83. The van der Waals surface area contributed by atoms with Crippen LogP contribution >= 0.6 is 0 Å². The van der Waals surface area contributed by atoms with E-state index < -0.39 is 0 Å². The molecule has 3 rings (SSSR count). The number of nitrogens with one attached hydrogen (secondary N) is 1. The minimum atomic E-state index is 0.301. The van der Waals surface area contributed by atoms with Crippen molar-refractivity contribution >= 4 is 19.0 Å². The monoisotopic (exact) mass is 209 g/mol. The van der Waals surface area contributed by atoms with E-state index in [1.54, 1.807) is 0 Å². The summed E-state index contributed by atoms with van der Waals surface area (Å²) in [6.45, 7) is 4.59. The fraction of sp³-hybridized carbons (Fsp3) is 0.429. The van der Waals surface area contributed by atoms with Gasteiger partial charge in [-0.15, -0.1) is 0 Å². The highest BCUT2D eigenvalue weighted by Gasteiger charge is 2.37. The van der Waals surface area contributed by atoms with Gasteiger partial charge in [0.25, 0.3) is 0 Å². The Bertz CT molecular complexity index is 462. The zero-order chi connectivity index (χ0) is 11.3. The van der Waals surface area contributed by atoms with Gasteiger partial charge in [0, 0.05) is 11.6 Å². The molecule has 2 atom stereocenters. The number of hydrogen-bond donors (Lipinski definition) is 1. The van der Waals surface area contributed by atoms with E-state index in [0.717, 1.165) is 5.46 Å². The predicted molar refractivity (Wildman–Crippen MR) is 69.5 cm³/mol. The Morgan fingerprint density at radius 3 is 3.00 bits per heavy atom. The molecule has 1 nitrogen and oxygen atoms in total. The summed E-state index contributed by atoms with van der Waals surface area (Å²) >= 11 is 0. The van der Waals surface area contributed by atoms with Gasteiger partial charge in [-0.1, -0.05) is 43.6 Å². The molecule has 80 valence electrons. The Morgan fingerprint density at radius 2 is 2.19 bits per heavy atom. The van der Waals surface area contributed by atoms with Gasteiger partial charge in [0.1, 0.15) is 7.85 Å². The smallest absolute Gasteiger partial charge is 0.113 e. The van der Waals surface area contributed by atoms with Gasteiger partial charge >= 0.3 is 0 Å². The molecular formula is C14H16BN. The van der Waals surface area contributed by atoms with Crippen molar-refractivity contribution in [3.63, 3.8) is 0 Å². The molecule has 1 aromatic rings. The summed E-state index contributed by atoms with van der Waals surface area (Å²) < 4.78 is 0. The lowest BCUT2D eigenvalue weighted by Crippen LogP contribution is -2.27. The third kappa shape index (κ3) is 1.48. The summed E-state index contributed by atoms with van der Waals surface area (Å²) in [5.74, 6) is 0.582. The van der Waals surface area contributed by atoms with Crippen LogP contribution in [0, 0.1) is 5.41 Å². The van der Waals surface area contributed by atoms with Crippen molar-refractivity contribution in [1.82, 2.24) is 0 Å². The first-order chi connectivity index (χ1) is 7.55. The molecule has 1 N–H and O–H groups in total. The van der Waals surface area contributed by atoms with Crippen molar-refractivity contribution in [2.24, 2.45) is 5.41 Å². The van der Waals surface area contributed by atoms with Crippen LogP contribution in [0.1, 0.15) is 31.7 Å². The summed E-state index contributed by atoms with van der Waals surface area (Å²) in [6, 6.07) is 6.66. The highest BCUT2D eigenvalue weighted by atomic mass is 15.0. The number of rotatable bonds is 0. The van der Waals surface area contributed by atoms with Crippen molar-refractivity contribution in [3.8, 4) is 0 Å². The number of allylic oxidation sites excluding steroid dienone is 1. The van der Waals surface area contributed by atoms with Crippen LogP contribution < -0.4 is 10.8 Å². The maximum absolute atomic E-state index is 5.87. The molecule has 2 unspecified atom stereocenters. The van der Waals surface area contributed by atoms with Crippen LogP contribution in [0.25, 0.3) is 0 Å². The lowest BCUT2D eigenvalue weighted by molar-refractivity contribution is 0.365. The molecule has 0 bridgehead atoms. The maximum atomic E-state index is 5.87. The second-order valence-corrected chi connectivity index (χ2v) is 5.68. The summed E-state index contributed by atoms with van der Waals surface area (Å²) in [5.41, 5.74) is 3.82. The number of fused-ring (bicyclic) bond motifs is 3. The molecule has 0 amide bonds. The normalized spacial score (nSPS) is 29.4. The highest BCUT2D eigenvalue weighted by molar-refractivity contribution is 6.32. The molecule has 16 heavy (non-hydrogen) atoms. The van der Waals surface area contributed by atoms with Crippen LogP contribution in [0.15, 0.2) is 30.4 Å². The first-order valence-electron chi connectivity index (χ1n) is 5.90. The molecule has 0 fully saturated rings. The number of hydrogen-bond acceptors (Lipinski definition) is 1. The Kier molecular flexibility index (Phi) is 1.98. The van der Waals surface area contributed by atoms with Crippen LogP contribution in [0.2, 0.25) is 0 Å². The fourth-order valence-electron chi connectivity index (χ4n) is 2.91. The van der Waals surface area contributed by atoms with E-state index >= 15 is 0 Å². The SMILES string of the molecule is [B]c1ccc2c(c1)C1CC(C)(C)C=CC1N2. The standard InChI is InChI=1S/C14H16BN/c1-14(2)6-5-13-11(8-14)10-7-9(15)3-4-12(10)16-13/h3-7,11,13,16H,8H2,1-2H3. The van der Waals surface area contributed by atoms with E-state index in [9.17, 15) is 0 Å². The third-order valence-corrected chi connectivity index (χ3v) is 3.73. The first-order valence-corrected chi connectivity index (χ1v) is 5.90. The molecule has 1 aliphatic carbocycles. The largest absolute Gasteiger partial charge is 0.378 e. The van der Waals surface area contributed by atoms with Gasteiger partial charge in [-0.2, -0.15) is 0 Å². The van der Waals surface area contributed by atoms with E-state index in [1.165, 1.54) is 17.7 Å². The van der Waals surface area contributed by atoms with E-state index in [2.05, 4.69) is 43.4 Å². The molecule has 1 aromatic carbocycles. The molecule has 0 spiro atoms. The Hall–Kier alpha value is -1.18. The minimum absolute atomic E-state index is 0.301. The fourth-order valence-corrected chi connectivity index (χ4v) is 2.91. The van der Waals surface area contributed by atoms with Gasteiger partial charge < -0.3 is 5.32 Å². The van der Waals surface area contributed by atoms with Crippen LogP contribution in [0.5, 0.6) is 0 Å². The molecule has 1 aliphatic heterocycles. The van der Waals surface area contributed by atoms with Gasteiger partial charge in [0.05, 0.1) is 6.04 Å². The average Bonchev–Trinajstić information content (AvgIpc) is 2.55. The van der Waals surface area contributed by atoms with Crippen molar-refractivity contribution in [2.45, 2.75) is 32.2 Å². The van der Waals surface area contributed by atoms with E-state index in [-0.39, 0.29) is 0 Å². The van der Waals surface area contributed by atoms with Crippen molar-refractivity contribution < 1.29 is 0 Å². The summed E-state index contributed by atoms with van der Waals surface area (Å²) in [5, 5.41) is 3.56. The molecule has 2 heteroatoms. The highest BCUT2D eigenvalue weighted by Crippen LogP contribution is 2.46. The van der Waals surface area contributed by atoms with Gasteiger partial charge in [0.2, 0.25) is 0 Å². The first kappa shape index (κ1) is 10.0. The number of benzene rings is 1. The third-order valence-electron chi connectivity index (χ3n) is 3.73. The van der Waals surface area contributed by atoms with Crippen molar-refractivity contribution in [1.29, 1.82) is 0 Å². The topological polar surface area (TPSA) is 12.0 Å². The summed E-state index contributed by atoms with van der Waals surface area (Å²) in [6.07, 6.45) is 5.83. The molecule has 1 heterocycles. The second-order valence-electron chi connectivity index (χ2n) is 5.68. The lowest BCUT2D eigenvalue weighted by Gasteiger charge is -2.32. The van der Waals surface area contributed by atoms with Gasteiger partial charge in [-0.25, -0.2) is 0 Å². The van der Waals surface area contributed by atoms with E-state index in [4.69, 9.17) is 7.85 Å². The number of anilines is 1. The van der Waals surface area contributed by atoms with Crippen LogP contribution in [-0.2, 0) is 0 Å². The lowest BCUT2D eigenvalue weighted by atomic mass is 9.73. The minimum Gasteiger partial charge on any atom is -0.378 e. The van der Waals surface area contributed by atoms with Crippen molar-refractivity contribution in [3.05, 3.63) is 35.9 Å². The Balaban J connectivity index is 2.04. The molecular weight excluding hydrogens is 193 g/mol. The second kappa shape index (κ2) is 3.16. The van der Waals surface area contributed by atoms with E-state index in [0.29, 0.717) is 17.4 Å². The quantitative estimate of drug-likeness (QED) is 0.510. The van der Waals surface area contributed by atoms with Gasteiger partial charge in [-0.3, -0.25) is 0 Å². The van der Waals surface area contributed by atoms with Crippen LogP contribution in [-0.4, -0.2) is 13.9 Å². The summed E-state index contributed by atoms with van der Waals surface area (Å²) in [7, 11) is 5.87. The molecule has 0 saturated carbocycles. The van der Waals surface area contributed by atoms with Crippen LogP contribution in [0.4, 0.5) is 5.69 Å². The van der Waals surface area contributed by atoms with Crippen molar-refractivity contribution in [2.75, 3.05) is 5.32 Å². The van der Waals surface area contributed by atoms with E-state index in [1.807, 2.05) is 6.07 Å². The zero-order valence-corrected chi connectivity index (χ0v) is 9.83. The Morgan fingerprint density at radius 1 is 1.38 bits per heavy atom. The van der Waals surface area contributed by atoms with Crippen LogP contribution in [0.3, 0.4) is 0 Å². The predicted octanol–water partition coefficient (Wildman–Crippen LogP) is 2.34. The Labute approximate surface area is 98.4 Å².